The van der Waals surface area contributed by atoms with Crippen LogP contribution in [0, 0.1) is 13.8 Å². The topological polar surface area (TPSA) is 105 Å². The second kappa shape index (κ2) is 10.5. The van der Waals surface area contributed by atoms with Gasteiger partial charge in [0.15, 0.2) is 15.0 Å². The number of benzene rings is 2. The van der Waals surface area contributed by atoms with E-state index < -0.39 is 33.5 Å². The molecule has 2 aliphatic heterocycles. The zero-order chi connectivity index (χ0) is 27.0. The Labute approximate surface area is 222 Å². The number of hydrogen-bond donors (Lipinski definition) is 1. The molecule has 0 unspecified atom stereocenters. The predicted molar refractivity (Wildman–Crippen MR) is 148 cm³/mol. The molecule has 2 amide bonds. The van der Waals surface area contributed by atoms with Gasteiger partial charge in [-0.2, -0.15) is 4.99 Å². The molecule has 198 valence electrons. The number of aryl methyl sites for hydroxylation is 2. The van der Waals surface area contributed by atoms with Crippen molar-refractivity contribution in [1.82, 2.24) is 5.32 Å². The Morgan fingerprint density at radius 1 is 1.08 bits per heavy atom. The lowest BCUT2D eigenvalue weighted by atomic mass is 10.1. The number of ether oxygens (including phenoxy) is 1. The molecule has 8 nitrogen and oxygen atoms in total. The number of fused-ring (bicyclic) bond motifs is 1. The van der Waals surface area contributed by atoms with Gasteiger partial charge in [-0.3, -0.25) is 4.79 Å². The average Bonchev–Trinajstić information content (AvgIpc) is 3.24. The molecular formula is C27H33N3O5S2. The number of alkyl carbamates (subject to hydrolysis) is 1. The SMILES string of the molecule is Cc1cccc(C)c1N1C(=NC(=O)[C@@H](Cc2ccccc2)NC(=O)OC(C)(C)C)S[C@@H]2CS(=O)(=O)C[C@H]21. The van der Waals surface area contributed by atoms with Crippen molar-refractivity contribution in [2.24, 2.45) is 4.99 Å². The van der Waals surface area contributed by atoms with Crippen molar-refractivity contribution < 1.29 is 22.7 Å². The molecule has 0 aromatic heterocycles. The van der Waals surface area contributed by atoms with Gasteiger partial charge in [0.1, 0.15) is 11.6 Å². The molecule has 1 N–H and O–H groups in total. The van der Waals surface area contributed by atoms with E-state index in [1.165, 1.54) is 11.8 Å². The van der Waals surface area contributed by atoms with Gasteiger partial charge in [0, 0.05) is 17.4 Å². The highest BCUT2D eigenvalue weighted by Gasteiger charge is 2.50. The van der Waals surface area contributed by atoms with Crippen LogP contribution in [0.3, 0.4) is 0 Å². The van der Waals surface area contributed by atoms with Crippen molar-refractivity contribution in [3.63, 3.8) is 0 Å². The molecule has 0 radical (unpaired) electrons. The monoisotopic (exact) mass is 543 g/mol. The Morgan fingerprint density at radius 2 is 1.73 bits per heavy atom. The van der Waals surface area contributed by atoms with Gasteiger partial charge in [-0.15, -0.1) is 0 Å². The van der Waals surface area contributed by atoms with Crippen molar-refractivity contribution >= 4 is 44.5 Å². The number of aliphatic imine (C=N–C) groups is 1. The Bertz CT molecular complexity index is 1300. The van der Waals surface area contributed by atoms with E-state index in [-0.39, 0.29) is 29.2 Å². The minimum atomic E-state index is -3.19. The number of carbonyl (C=O) groups is 2. The van der Waals surface area contributed by atoms with Crippen LogP contribution in [-0.2, 0) is 25.8 Å². The first-order valence-corrected chi connectivity index (χ1v) is 14.9. The molecule has 2 fully saturated rings. The summed E-state index contributed by atoms with van der Waals surface area (Å²) in [5.41, 5.74) is 2.95. The van der Waals surface area contributed by atoms with E-state index in [2.05, 4.69) is 10.3 Å². The third-order valence-electron chi connectivity index (χ3n) is 6.22. The summed E-state index contributed by atoms with van der Waals surface area (Å²) in [5, 5.41) is 2.93. The Balaban J connectivity index is 1.69. The summed E-state index contributed by atoms with van der Waals surface area (Å²) in [6.07, 6.45) is -0.457. The normalized spacial score (nSPS) is 22.5. The summed E-state index contributed by atoms with van der Waals surface area (Å²) in [4.78, 5) is 32.6. The molecule has 3 atom stereocenters. The first kappa shape index (κ1) is 27.2. The van der Waals surface area contributed by atoms with Crippen molar-refractivity contribution in [1.29, 1.82) is 0 Å². The Morgan fingerprint density at radius 3 is 2.35 bits per heavy atom. The van der Waals surface area contributed by atoms with E-state index in [0.717, 1.165) is 22.4 Å². The first-order chi connectivity index (χ1) is 17.3. The summed E-state index contributed by atoms with van der Waals surface area (Å²) in [6.45, 7) is 9.19. The molecule has 2 saturated heterocycles. The van der Waals surface area contributed by atoms with Gasteiger partial charge in [-0.05, 0) is 51.3 Å². The van der Waals surface area contributed by atoms with Crippen LogP contribution < -0.4 is 10.2 Å². The highest BCUT2D eigenvalue weighted by atomic mass is 32.2. The smallest absolute Gasteiger partial charge is 0.408 e. The molecule has 37 heavy (non-hydrogen) atoms. The minimum absolute atomic E-state index is 0.00918. The fraction of sp³-hybridized carbons (Fsp3) is 0.444. The first-order valence-electron chi connectivity index (χ1n) is 12.2. The van der Waals surface area contributed by atoms with E-state index >= 15 is 0 Å². The van der Waals surface area contributed by atoms with Gasteiger partial charge in [0.25, 0.3) is 5.91 Å². The molecule has 10 heteroatoms. The maximum Gasteiger partial charge on any atom is 0.408 e. The average molecular weight is 544 g/mol. The second-order valence-corrected chi connectivity index (χ2v) is 13.9. The highest BCUT2D eigenvalue weighted by Crippen LogP contribution is 2.43. The summed E-state index contributed by atoms with van der Waals surface area (Å²) in [6, 6.07) is 14.0. The Kier molecular flexibility index (Phi) is 7.71. The number of para-hydroxylation sites is 1. The van der Waals surface area contributed by atoms with Crippen molar-refractivity contribution in [2.45, 2.75) is 64.0 Å². The third kappa shape index (κ3) is 6.54. The molecule has 2 aromatic rings. The van der Waals surface area contributed by atoms with Gasteiger partial charge >= 0.3 is 6.09 Å². The highest BCUT2D eigenvalue weighted by molar-refractivity contribution is 8.16. The van der Waals surface area contributed by atoms with Crippen LogP contribution in [0.5, 0.6) is 0 Å². The summed E-state index contributed by atoms with van der Waals surface area (Å²) < 4.78 is 30.3. The van der Waals surface area contributed by atoms with Gasteiger partial charge in [0.2, 0.25) is 0 Å². The molecule has 2 aliphatic rings. The molecule has 4 rings (SSSR count). The van der Waals surface area contributed by atoms with Gasteiger partial charge in [-0.1, -0.05) is 60.3 Å². The molecular weight excluding hydrogens is 510 g/mol. The minimum Gasteiger partial charge on any atom is -0.444 e. The van der Waals surface area contributed by atoms with Gasteiger partial charge in [0.05, 0.1) is 17.5 Å². The zero-order valence-corrected chi connectivity index (χ0v) is 23.4. The molecule has 0 spiro atoms. The standard InChI is InChI=1S/C27H33N3O5S2/c1-17-10-9-11-18(2)23(17)30-21-15-37(33,34)16-22(21)36-25(30)29-24(31)20(14-19-12-7-6-8-13-19)28-26(32)35-27(3,4)5/h6-13,20-22H,14-16H2,1-5H3,(H,28,32)/t20-,21-,22-/m1/s1. The molecule has 0 aliphatic carbocycles. The number of nitrogens with zero attached hydrogens (tertiary/aromatic N) is 2. The predicted octanol–water partition coefficient (Wildman–Crippen LogP) is 4.04. The van der Waals surface area contributed by atoms with Crippen LogP contribution in [0.2, 0.25) is 0 Å². The number of sulfone groups is 1. The number of amidine groups is 1. The number of nitrogens with one attached hydrogen (secondary N) is 1. The van der Waals surface area contributed by atoms with Gasteiger partial charge < -0.3 is 15.0 Å². The van der Waals surface area contributed by atoms with Crippen LogP contribution in [0.4, 0.5) is 10.5 Å². The largest absolute Gasteiger partial charge is 0.444 e. The van der Waals surface area contributed by atoms with Crippen LogP contribution in [0.1, 0.15) is 37.5 Å². The summed E-state index contributed by atoms with van der Waals surface area (Å²) in [5.74, 6) is -0.466. The maximum atomic E-state index is 13.6. The van der Waals surface area contributed by atoms with Crippen LogP contribution in [-0.4, -0.2) is 60.0 Å². The molecule has 2 heterocycles. The van der Waals surface area contributed by atoms with Crippen molar-refractivity contribution in [2.75, 3.05) is 16.4 Å². The number of thioether (sulfide) groups is 1. The van der Waals surface area contributed by atoms with E-state index in [1.54, 1.807) is 20.8 Å². The lowest BCUT2D eigenvalue weighted by Crippen LogP contribution is -2.45. The fourth-order valence-corrected chi connectivity index (χ4v) is 8.59. The van der Waals surface area contributed by atoms with E-state index in [1.807, 2.05) is 67.3 Å². The van der Waals surface area contributed by atoms with E-state index in [4.69, 9.17) is 4.74 Å². The number of anilines is 1. The van der Waals surface area contributed by atoms with Crippen LogP contribution in [0.15, 0.2) is 53.5 Å². The fourth-order valence-electron chi connectivity index (χ4n) is 4.68. The number of carbonyl (C=O) groups excluding carboxylic acids is 2. The second-order valence-electron chi connectivity index (χ2n) is 10.5. The van der Waals surface area contributed by atoms with Crippen LogP contribution in [0.25, 0.3) is 0 Å². The van der Waals surface area contributed by atoms with Crippen molar-refractivity contribution in [3.05, 3.63) is 65.2 Å². The van der Waals surface area contributed by atoms with Crippen LogP contribution >= 0.6 is 11.8 Å². The summed E-state index contributed by atoms with van der Waals surface area (Å²) in [7, 11) is -3.19. The number of amides is 2. The van der Waals surface area contributed by atoms with E-state index in [0.29, 0.717) is 5.17 Å². The molecule has 2 aromatic carbocycles. The van der Waals surface area contributed by atoms with E-state index in [9.17, 15) is 18.0 Å². The van der Waals surface area contributed by atoms with Gasteiger partial charge in [-0.25, -0.2) is 13.2 Å². The Hall–Kier alpha value is -2.85. The van der Waals surface area contributed by atoms with Crippen molar-refractivity contribution in [3.8, 4) is 0 Å². The molecule has 0 bridgehead atoms. The lowest BCUT2D eigenvalue weighted by molar-refractivity contribution is -0.119. The lowest BCUT2D eigenvalue weighted by Gasteiger charge is -2.28. The number of rotatable bonds is 5. The zero-order valence-electron chi connectivity index (χ0n) is 21.7. The number of hydrogen-bond acceptors (Lipinski definition) is 6. The third-order valence-corrected chi connectivity index (χ3v) is 9.43. The summed E-state index contributed by atoms with van der Waals surface area (Å²) >= 11 is 1.32. The molecule has 0 saturated carbocycles. The maximum absolute atomic E-state index is 13.6. The quantitative estimate of drug-likeness (QED) is 0.607.